The Bertz CT molecular complexity index is 2350. The molecule has 8 rings (SSSR count). The minimum atomic E-state index is -3.75. The minimum absolute atomic E-state index is 0. The molecule has 0 saturated heterocycles. The fourth-order valence-electron chi connectivity index (χ4n) is 7.00. The fraction of sp³-hybridized carbons (Fsp3) is 0. The molecule has 0 spiro atoms. The summed E-state index contributed by atoms with van der Waals surface area (Å²) in [4.78, 5) is 0. The van der Waals surface area contributed by atoms with Crippen molar-refractivity contribution in [3.63, 3.8) is 0 Å². The first-order valence-corrected chi connectivity index (χ1v) is 19.7. The van der Waals surface area contributed by atoms with Gasteiger partial charge in [0.25, 0.3) is 0 Å². The van der Waals surface area contributed by atoms with E-state index >= 15 is 19.3 Å². The summed E-state index contributed by atoms with van der Waals surface area (Å²) in [6.45, 7) is 0. The molecule has 250 valence electrons. The van der Waals surface area contributed by atoms with Crippen LogP contribution in [0.3, 0.4) is 0 Å². The van der Waals surface area contributed by atoms with Crippen molar-refractivity contribution in [2.45, 2.75) is 0 Å². The van der Waals surface area contributed by atoms with Gasteiger partial charge >= 0.3 is 17.4 Å². The van der Waals surface area contributed by atoms with Gasteiger partial charge in [-0.05, 0) is 44.8 Å². The molecule has 0 aromatic heterocycles. The molecule has 0 N–H and O–H groups in total. The first-order chi connectivity index (χ1) is 24.4. The normalized spacial score (nSPS) is 11.5. The molecule has 0 radical (unpaired) electrons. The van der Waals surface area contributed by atoms with Crippen LogP contribution >= 0.6 is 14.3 Å². The van der Waals surface area contributed by atoms with Crippen LogP contribution in [0.5, 0.6) is 11.5 Å². The second kappa shape index (κ2) is 15.0. The summed E-state index contributed by atoms with van der Waals surface area (Å²) >= 11 is 0. The molecule has 0 amide bonds. The third-order valence-corrected chi connectivity index (χ3v) is 15.5. The molecule has 0 heterocycles. The first-order valence-electron chi connectivity index (χ1n) is 16.3. The van der Waals surface area contributed by atoms with E-state index in [-0.39, 0.29) is 51.5 Å². The van der Waals surface area contributed by atoms with Gasteiger partial charge in [-0.15, -0.1) is 0 Å². The van der Waals surface area contributed by atoms with Crippen LogP contribution in [-0.4, -0.2) is 17.4 Å². The third kappa shape index (κ3) is 6.00. The van der Waals surface area contributed by atoms with Crippen molar-refractivity contribution in [2.75, 3.05) is 0 Å². The van der Waals surface area contributed by atoms with E-state index in [0.29, 0.717) is 42.8 Å². The maximum atomic E-state index is 15.7. The topological polar surface area (TPSA) is 80.3 Å². The Kier molecular flexibility index (Phi) is 10.7. The Balaban J connectivity index is 0.00000232. The summed E-state index contributed by atoms with van der Waals surface area (Å²) in [6.07, 6.45) is 0. The second-order valence-electron chi connectivity index (χ2n) is 12.2. The van der Waals surface area contributed by atoms with E-state index in [0.717, 1.165) is 0 Å². The molecule has 52 heavy (non-hydrogen) atoms. The minimum Gasteiger partial charge on any atom is -1.00 e. The molecule has 0 aliphatic rings. The van der Waals surface area contributed by atoms with Gasteiger partial charge in [0.15, 0.2) is 14.3 Å². The average molecular weight is 747 g/mol. The van der Waals surface area contributed by atoms with Crippen LogP contribution in [0.4, 0.5) is 0 Å². The Morgan fingerprint density at radius 3 is 0.904 bits per heavy atom. The van der Waals surface area contributed by atoms with Crippen molar-refractivity contribution in [3.8, 4) is 22.6 Å². The van der Waals surface area contributed by atoms with Crippen LogP contribution in [0.15, 0.2) is 182 Å². The van der Waals surface area contributed by atoms with Crippen LogP contribution in [0, 0.1) is 0 Å². The second-order valence-corrected chi connectivity index (χ2v) is 17.7. The van der Waals surface area contributed by atoms with Gasteiger partial charge in [0.2, 0.25) is 0 Å². The van der Waals surface area contributed by atoms with Crippen molar-refractivity contribution >= 4 is 85.0 Å². The predicted octanol–water partition coefficient (Wildman–Crippen LogP) is 3.71. The Hall–Kier alpha value is -4.84. The molecule has 0 fully saturated rings. The zero-order valence-corrected chi connectivity index (χ0v) is 31.5. The maximum absolute atomic E-state index is 15.7. The monoisotopic (exact) mass is 746 g/mol. The predicted molar refractivity (Wildman–Crippen MR) is 210 cm³/mol. The van der Waals surface area contributed by atoms with Gasteiger partial charge in [-0.1, -0.05) is 181 Å². The van der Waals surface area contributed by atoms with E-state index in [9.17, 15) is 0 Å². The molecule has 8 aromatic carbocycles. The summed E-state index contributed by atoms with van der Waals surface area (Å²) in [5.74, 6) is -0.984. The van der Waals surface area contributed by atoms with Gasteiger partial charge in [-0.3, -0.25) is 0 Å². The first kappa shape index (κ1) is 36.9. The molecule has 0 atom stereocenters. The van der Waals surface area contributed by atoms with Crippen LogP contribution in [0.2, 0.25) is 0 Å². The van der Waals surface area contributed by atoms with E-state index in [1.54, 1.807) is 60.7 Å². The van der Waals surface area contributed by atoms with E-state index in [4.69, 9.17) is 0 Å². The number of halogens is 1. The SMILES string of the molecule is O=P(c1ccccc1)(c1ccccc1)c1cc2ccccc2c(-c2c([O-])c(P(=O)(c3ccccc3)c3ccccc3)cc3ccccc23)c1[O-].[Al+3].[Cl-]. The zero-order valence-electron chi connectivity index (χ0n) is 27.8. The van der Waals surface area contributed by atoms with Gasteiger partial charge < -0.3 is 31.8 Å². The van der Waals surface area contributed by atoms with Crippen molar-refractivity contribution in [1.29, 1.82) is 0 Å². The Labute approximate surface area is 319 Å². The number of hydrogen-bond acceptors (Lipinski definition) is 4. The number of fused-ring (bicyclic) bond motifs is 2. The Morgan fingerprint density at radius 2 is 0.615 bits per heavy atom. The molecule has 8 aromatic rings. The molecule has 0 unspecified atom stereocenters. The number of rotatable bonds is 7. The third-order valence-electron chi connectivity index (χ3n) is 9.37. The molecule has 0 aliphatic heterocycles. The van der Waals surface area contributed by atoms with Gasteiger partial charge in [-0.2, -0.15) is 0 Å². The van der Waals surface area contributed by atoms with Crippen molar-refractivity contribution in [1.82, 2.24) is 0 Å². The summed E-state index contributed by atoms with van der Waals surface area (Å²) < 4.78 is 31.4. The van der Waals surface area contributed by atoms with E-state index in [2.05, 4.69) is 0 Å². The average Bonchev–Trinajstić information content (AvgIpc) is 3.18. The standard InChI is InChI=1S/C44H32O4P2.Al.ClH/c45-43-39(49(47,33-19-5-1-6-20-33)34-21-7-2-8-22-34)29-31-17-13-15-27-37(31)41(43)42-38-28-16-14-18-32(38)30-40(44(42)46)50(48,35-23-9-3-10-24-35)36-25-11-4-12-26-36;;/h1-30,45-46H;;1H/q;+3;/p-3. The largest absolute Gasteiger partial charge is 3.00 e. The molecule has 8 heteroatoms. The van der Waals surface area contributed by atoms with Crippen LogP contribution in [-0.2, 0) is 9.13 Å². The molecule has 0 bridgehead atoms. The van der Waals surface area contributed by atoms with Crippen molar-refractivity contribution in [3.05, 3.63) is 182 Å². The summed E-state index contributed by atoms with van der Waals surface area (Å²) in [5, 5.41) is 35.4. The van der Waals surface area contributed by atoms with Gasteiger partial charge in [0.1, 0.15) is 0 Å². The Morgan fingerprint density at radius 1 is 0.365 bits per heavy atom. The molecule has 4 nitrogen and oxygen atoms in total. The van der Waals surface area contributed by atoms with Gasteiger partial charge in [-0.25, -0.2) is 0 Å². The molecule has 0 saturated carbocycles. The molecular formula is C44H30AlClO4P2. The smallest absolute Gasteiger partial charge is 1.00 e. The van der Waals surface area contributed by atoms with Crippen LogP contribution in [0.25, 0.3) is 32.7 Å². The van der Waals surface area contributed by atoms with E-state index < -0.39 is 25.8 Å². The maximum Gasteiger partial charge on any atom is 3.00 e. The van der Waals surface area contributed by atoms with Crippen molar-refractivity contribution in [2.24, 2.45) is 0 Å². The number of hydrogen-bond donors (Lipinski definition) is 0. The van der Waals surface area contributed by atoms with E-state index in [1.807, 2.05) is 121 Å². The molecule has 0 aliphatic carbocycles. The summed E-state index contributed by atoms with van der Waals surface area (Å²) in [6, 6.07) is 54.4. The summed E-state index contributed by atoms with van der Waals surface area (Å²) in [5.41, 5.74) is 0.307. The quantitative estimate of drug-likeness (QED) is 0.184. The molecular weight excluding hydrogens is 717 g/mol. The van der Waals surface area contributed by atoms with Crippen molar-refractivity contribution < 1.29 is 31.8 Å². The summed E-state index contributed by atoms with van der Waals surface area (Å²) in [7, 11) is -7.50. The van der Waals surface area contributed by atoms with Crippen LogP contribution in [0.1, 0.15) is 0 Å². The fourth-order valence-corrected chi connectivity index (χ4v) is 12.5. The van der Waals surface area contributed by atoms with Gasteiger partial charge in [0, 0.05) is 31.8 Å². The zero-order chi connectivity index (χ0) is 34.3. The van der Waals surface area contributed by atoms with Gasteiger partial charge in [0.05, 0.1) is 0 Å². The van der Waals surface area contributed by atoms with Crippen LogP contribution < -0.4 is 54.4 Å². The number of benzene rings is 8. The van der Waals surface area contributed by atoms with E-state index in [1.165, 1.54) is 0 Å².